The number of rotatable bonds is 5. The maximum absolute atomic E-state index is 12.8. The number of anilines is 1. The lowest BCUT2D eigenvalue weighted by Crippen LogP contribution is -2.28. The monoisotopic (exact) mass is 488 g/mol. The van der Waals surface area contributed by atoms with E-state index in [9.17, 15) is 13.2 Å². The molecule has 1 N–H and O–H groups in total. The number of thioether (sulfide) groups is 1. The quantitative estimate of drug-likeness (QED) is 0.609. The Labute approximate surface area is 176 Å². The number of nitrogens with one attached hydrogen (secondary N) is 1. The summed E-state index contributed by atoms with van der Waals surface area (Å²) in [6.45, 7) is 1.42. The maximum atomic E-state index is 12.8. The molecule has 1 fully saturated rings. The molecule has 0 radical (unpaired) electrons. The molecule has 1 aliphatic heterocycles. The third-order valence-electron chi connectivity index (χ3n) is 4.28. The number of hydrogen-bond acceptors (Lipinski definition) is 4. The van der Waals surface area contributed by atoms with E-state index >= 15 is 0 Å². The van der Waals surface area contributed by atoms with Gasteiger partial charge in [0, 0.05) is 22.5 Å². The lowest BCUT2D eigenvalue weighted by molar-refractivity contribution is 0.0789. The zero-order chi connectivity index (χ0) is 19.6. The summed E-state index contributed by atoms with van der Waals surface area (Å²) in [4.78, 5) is 15.4. The number of hydrogen-bond donors (Lipinski definition) is 1. The van der Waals surface area contributed by atoms with Gasteiger partial charge in [0.1, 0.15) is 0 Å². The minimum atomic E-state index is -3.85. The standard InChI is InChI=1S/C18H18BrClN2O3S2/c1-26-17-7-5-13(11-14(17)18(23)22-8-2-3-9-22)27(24,25)21-12-4-6-15(19)16(20)10-12/h4-7,10-11,21H,2-3,8-9H2,1H3. The molecular formula is C18H18BrClN2O3S2. The summed E-state index contributed by atoms with van der Waals surface area (Å²) in [5, 5.41) is 0.401. The first-order valence-electron chi connectivity index (χ1n) is 8.27. The van der Waals surface area contributed by atoms with E-state index in [2.05, 4.69) is 20.7 Å². The largest absolute Gasteiger partial charge is 0.339 e. The fourth-order valence-corrected chi connectivity index (χ4v) is 4.96. The van der Waals surface area contributed by atoms with Crippen LogP contribution >= 0.6 is 39.3 Å². The summed E-state index contributed by atoms with van der Waals surface area (Å²) in [5.41, 5.74) is 0.769. The molecule has 1 saturated heterocycles. The van der Waals surface area contributed by atoms with Gasteiger partial charge >= 0.3 is 0 Å². The van der Waals surface area contributed by atoms with Crippen LogP contribution in [-0.4, -0.2) is 38.6 Å². The van der Waals surface area contributed by atoms with Crippen LogP contribution in [0.15, 0.2) is 50.7 Å². The summed E-state index contributed by atoms with van der Waals surface area (Å²) in [6.07, 6.45) is 3.82. The number of carbonyl (C=O) groups is 1. The summed E-state index contributed by atoms with van der Waals surface area (Å²) in [5.74, 6) is -0.124. The summed E-state index contributed by atoms with van der Waals surface area (Å²) in [7, 11) is -3.85. The molecule has 2 aromatic carbocycles. The first-order valence-corrected chi connectivity index (χ1v) is 12.1. The number of sulfonamides is 1. The Balaban J connectivity index is 1.94. The van der Waals surface area contributed by atoms with Crippen molar-refractivity contribution in [2.75, 3.05) is 24.1 Å². The fraction of sp³-hybridized carbons (Fsp3) is 0.278. The fourth-order valence-electron chi connectivity index (χ4n) is 2.89. The van der Waals surface area contributed by atoms with Crippen molar-refractivity contribution in [2.24, 2.45) is 0 Å². The second-order valence-electron chi connectivity index (χ2n) is 6.10. The molecule has 1 heterocycles. The number of likely N-dealkylation sites (tertiary alicyclic amines) is 1. The average Bonchev–Trinajstić information content (AvgIpc) is 3.18. The number of carbonyl (C=O) groups excluding carboxylic acids is 1. The van der Waals surface area contributed by atoms with Gasteiger partial charge in [-0.15, -0.1) is 11.8 Å². The summed E-state index contributed by atoms with van der Waals surface area (Å²) in [6, 6.07) is 9.44. The van der Waals surface area contributed by atoms with Gasteiger partial charge in [0.25, 0.3) is 15.9 Å². The van der Waals surface area contributed by atoms with E-state index in [-0.39, 0.29) is 10.8 Å². The Morgan fingerprint density at radius 3 is 2.52 bits per heavy atom. The topological polar surface area (TPSA) is 66.5 Å². The van der Waals surface area contributed by atoms with E-state index in [0.29, 0.717) is 33.8 Å². The average molecular weight is 490 g/mol. The third-order valence-corrected chi connectivity index (χ3v) is 7.68. The third kappa shape index (κ3) is 4.62. The Kier molecular flexibility index (Phi) is 6.40. The maximum Gasteiger partial charge on any atom is 0.261 e. The SMILES string of the molecule is CSc1ccc(S(=O)(=O)Nc2ccc(Br)c(Cl)c2)cc1C(=O)N1CCCC1. The number of halogens is 2. The Bertz CT molecular complexity index is 977. The highest BCUT2D eigenvalue weighted by Gasteiger charge is 2.24. The summed E-state index contributed by atoms with van der Waals surface area (Å²) >= 11 is 10.7. The number of nitrogens with zero attached hydrogens (tertiary/aromatic N) is 1. The molecule has 0 bridgehead atoms. The molecule has 1 amide bonds. The van der Waals surface area contributed by atoms with Crippen molar-refractivity contribution in [3.8, 4) is 0 Å². The van der Waals surface area contributed by atoms with E-state index in [1.54, 1.807) is 23.1 Å². The molecular weight excluding hydrogens is 472 g/mol. The molecule has 0 unspecified atom stereocenters. The molecule has 0 atom stereocenters. The van der Waals surface area contributed by atoms with Gasteiger partial charge in [-0.05, 0) is 71.4 Å². The van der Waals surface area contributed by atoms with E-state index < -0.39 is 10.0 Å². The first-order chi connectivity index (χ1) is 12.8. The Morgan fingerprint density at radius 2 is 1.89 bits per heavy atom. The van der Waals surface area contributed by atoms with Crippen LogP contribution in [-0.2, 0) is 10.0 Å². The van der Waals surface area contributed by atoms with Crippen LogP contribution in [0.2, 0.25) is 5.02 Å². The molecule has 144 valence electrons. The number of benzene rings is 2. The van der Waals surface area contributed by atoms with Gasteiger partial charge in [0.05, 0.1) is 21.2 Å². The molecule has 3 rings (SSSR count). The molecule has 9 heteroatoms. The number of amides is 1. The molecule has 27 heavy (non-hydrogen) atoms. The van der Waals surface area contributed by atoms with Gasteiger partial charge in [0.15, 0.2) is 0 Å². The van der Waals surface area contributed by atoms with Gasteiger partial charge < -0.3 is 4.90 Å². The lowest BCUT2D eigenvalue weighted by Gasteiger charge is -2.18. The molecule has 0 aliphatic carbocycles. The van der Waals surface area contributed by atoms with E-state index in [4.69, 9.17) is 11.6 Å². The van der Waals surface area contributed by atoms with Crippen molar-refractivity contribution in [2.45, 2.75) is 22.6 Å². The predicted octanol–water partition coefficient (Wildman–Crippen LogP) is 4.86. The van der Waals surface area contributed by atoms with Gasteiger partial charge in [-0.3, -0.25) is 9.52 Å². The lowest BCUT2D eigenvalue weighted by atomic mass is 10.2. The van der Waals surface area contributed by atoms with Crippen LogP contribution in [0.1, 0.15) is 23.2 Å². The van der Waals surface area contributed by atoms with E-state index in [1.165, 1.54) is 30.0 Å². The minimum absolute atomic E-state index is 0.0434. The van der Waals surface area contributed by atoms with Gasteiger partial charge in [-0.2, -0.15) is 0 Å². The van der Waals surface area contributed by atoms with Gasteiger partial charge in [-0.1, -0.05) is 11.6 Å². The van der Waals surface area contributed by atoms with Crippen LogP contribution in [0.25, 0.3) is 0 Å². The Morgan fingerprint density at radius 1 is 1.19 bits per heavy atom. The highest BCUT2D eigenvalue weighted by molar-refractivity contribution is 9.10. The Hall–Kier alpha value is -1.22. The molecule has 0 saturated carbocycles. The van der Waals surface area contributed by atoms with Crippen molar-refractivity contribution in [3.63, 3.8) is 0 Å². The van der Waals surface area contributed by atoms with Gasteiger partial charge in [0.2, 0.25) is 0 Å². The van der Waals surface area contributed by atoms with Crippen molar-refractivity contribution >= 4 is 60.9 Å². The smallest absolute Gasteiger partial charge is 0.261 e. The molecule has 1 aliphatic rings. The van der Waals surface area contributed by atoms with Crippen LogP contribution in [0, 0.1) is 0 Å². The van der Waals surface area contributed by atoms with Crippen molar-refractivity contribution in [1.29, 1.82) is 0 Å². The van der Waals surface area contributed by atoms with Crippen LogP contribution in [0.3, 0.4) is 0 Å². The predicted molar refractivity (Wildman–Crippen MR) is 113 cm³/mol. The summed E-state index contributed by atoms with van der Waals surface area (Å²) < 4.78 is 28.8. The second kappa shape index (κ2) is 8.43. The van der Waals surface area contributed by atoms with Gasteiger partial charge in [-0.25, -0.2) is 8.42 Å². The molecule has 0 spiro atoms. The molecule has 0 aromatic heterocycles. The highest BCUT2D eigenvalue weighted by Crippen LogP contribution is 2.29. The van der Waals surface area contributed by atoms with E-state index in [1.807, 2.05) is 6.26 Å². The van der Waals surface area contributed by atoms with Crippen molar-refractivity contribution in [1.82, 2.24) is 4.90 Å². The highest BCUT2D eigenvalue weighted by atomic mass is 79.9. The molecule has 5 nitrogen and oxygen atoms in total. The first kappa shape index (κ1) is 20.5. The zero-order valence-electron chi connectivity index (χ0n) is 14.5. The van der Waals surface area contributed by atoms with Crippen LogP contribution < -0.4 is 4.72 Å². The normalized spacial score (nSPS) is 14.4. The van der Waals surface area contributed by atoms with Crippen LogP contribution in [0.4, 0.5) is 5.69 Å². The van der Waals surface area contributed by atoms with Crippen molar-refractivity contribution < 1.29 is 13.2 Å². The second-order valence-corrected chi connectivity index (χ2v) is 9.89. The van der Waals surface area contributed by atoms with Crippen LogP contribution in [0.5, 0.6) is 0 Å². The van der Waals surface area contributed by atoms with E-state index in [0.717, 1.165) is 17.7 Å². The van der Waals surface area contributed by atoms with Crippen molar-refractivity contribution in [3.05, 3.63) is 51.5 Å². The molecule has 2 aromatic rings. The minimum Gasteiger partial charge on any atom is -0.339 e. The zero-order valence-corrected chi connectivity index (χ0v) is 18.5.